The highest BCUT2D eigenvalue weighted by Crippen LogP contribution is 2.33. The first-order valence-corrected chi connectivity index (χ1v) is 11.1. The Morgan fingerprint density at radius 1 is 1.15 bits per heavy atom. The maximum atomic E-state index is 11.7. The van der Waals surface area contributed by atoms with Gasteiger partial charge in [-0.1, -0.05) is 50.2 Å². The van der Waals surface area contributed by atoms with E-state index in [1.807, 2.05) is 37.3 Å². The predicted molar refractivity (Wildman–Crippen MR) is 128 cm³/mol. The molecule has 0 amide bonds. The van der Waals surface area contributed by atoms with Crippen LogP contribution in [-0.4, -0.2) is 52.5 Å². The Morgan fingerprint density at radius 2 is 1.88 bits per heavy atom. The van der Waals surface area contributed by atoms with Gasteiger partial charge >= 0.3 is 5.69 Å². The summed E-state index contributed by atoms with van der Waals surface area (Å²) < 4.78 is 12.2. The van der Waals surface area contributed by atoms with Gasteiger partial charge in [-0.25, -0.2) is 4.68 Å². The molecule has 0 aliphatic carbocycles. The Morgan fingerprint density at radius 3 is 2.53 bits per heavy atom. The molecule has 10 nitrogen and oxygen atoms in total. The normalized spacial score (nSPS) is 13.4. The summed E-state index contributed by atoms with van der Waals surface area (Å²) in [5.74, 6) is 0.767. The number of aromatic nitrogens is 4. The summed E-state index contributed by atoms with van der Waals surface area (Å²) in [6.07, 6.45) is 0.845. The zero-order valence-corrected chi connectivity index (χ0v) is 20.3. The molecule has 0 aliphatic rings. The first-order chi connectivity index (χ1) is 16.3. The highest BCUT2D eigenvalue weighted by molar-refractivity contribution is 5.50. The summed E-state index contributed by atoms with van der Waals surface area (Å²) in [5.41, 5.74) is 1.53. The van der Waals surface area contributed by atoms with E-state index in [2.05, 4.69) is 34.7 Å². The quantitative estimate of drug-likeness (QED) is 0.314. The molecule has 0 radical (unpaired) electrons. The van der Waals surface area contributed by atoms with Crippen molar-refractivity contribution in [2.75, 3.05) is 27.4 Å². The van der Waals surface area contributed by atoms with Crippen LogP contribution >= 0.6 is 0 Å². The summed E-state index contributed by atoms with van der Waals surface area (Å²) in [4.78, 5) is 11.2. The van der Waals surface area contributed by atoms with Crippen molar-refractivity contribution in [1.82, 2.24) is 25.5 Å². The van der Waals surface area contributed by atoms with E-state index in [9.17, 15) is 10.1 Å². The lowest BCUT2D eigenvalue weighted by molar-refractivity contribution is -0.385. The van der Waals surface area contributed by atoms with Crippen LogP contribution in [0, 0.1) is 15.5 Å². The van der Waals surface area contributed by atoms with Crippen molar-refractivity contribution < 1.29 is 14.4 Å². The van der Waals surface area contributed by atoms with E-state index in [1.165, 1.54) is 13.2 Å². The highest BCUT2D eigenvalue weighted by Gasteiger charge is 2.29. The molecule has 2 aromatic carbocycles. The topological polar surface area (TPSA) is 117 Å². The molecule has 3 aromatic rings. The fourth-order valence-electron chi connectivity index (χ4n) is 3.77. The largest absolute Gasteiger partial charge is 0.490 e. The summed E-state index contributed by atoms with van der Waals surface area (Å²) in [5, 5.41) is 27.8. The molecule has 3 rings (SSSR count). The lowest BCUT2D eigenvalue weighted by Crippen LogP contribution is -2.35. The number of nitro benzene ring substituents is 1. The molecular formula is C24H32N6O4. The fraction of sp³-hybridized carbons (Fsp3) is 0.458. The number of benzene rings is 2. The fourth-order valence-corrected chi connectivity index (χ4v) is 3.77. The van der Waals surface area contributed by atoms with Crippen molar-refractivity contribution in [1.29, 1.82) is 0 Å². The van der Waals surface area contributed by atoms with Gasteiger partial charge in [-0.05, 0) is 46.4 Å². The van der Waals surface area contributed by atoms with Crippen LogP contribution in [0.1, 0.15) is 56.2 Å². The highest BCUT2D eigenvalue weighted by atomic mass is 16.6. The second-order valence-corrected chi connectivity index (χ2v) is 8.98. The molecule has 0 aliphatic heterocycles. The van der Waals surface area contributed by atoms with Gasteiger partial charge in [-0.2, -0.15) is 0 Å². The Labute approximate surface area is 199 Å². The van der Waals surface area contributed by atoms with Crippen LogP contribution < -0.4 is 10.1 Å². The van der Waals surface area contributed by atoms with Gasteiger partial charge in [0.1, 0.15) is 0 Å². The van der Waals surface area contributed by atoms with E-state index in [1.54, 1.807) is 23.9 Å². The van der Waals surface area contributed by atoms with E-state index in [0.717, 1.165) is 12.0 Å². The minimum absolute atomic E-state index is 0.0873. The average Bonchev–Trinajstić information content (AvgIpc) is 3.32. The van der Waals surface area contributed by atoms with E-state index < -0.39 is 11.0 Å². The van der Waals surface area contributed by atoms with Crippen LogP contribution in [-0.2, 0) is 4.74 Å². The number of hydrogen-bond donors (Lipinski definition) is 1. The van der Waals surface area contributed by atoms with Crippen LogP contribution in [0.25, 0.3) is 0 Å². The van der Waals surface area contributed by atoms with Gasteiger partial charge in [0.2, 0.25) is 0 Å². The smallest absolute Gasteiger partial charge is 0.311 e. The van der Waals surface area contributed by atoms with Crippen LogP contribution in [0.5, 0.6) is 5.75 Å². The Kier molecular flexibility index (Phi) is 8.30. The number of nitrogens with one attached hydrogen (secondary N) is 1. The van der Waals surface area contributed by atoms with Gasteiger partial charge in [-0.15, -0.1) is 5.10 Å². The molecule has 182 valence electrons. The van der Waals surface area contributed by atoms with Crippen molar-refractivity contribution in [3.63, 3.8) is 0 Å². The molecule has 0 spiro atoms. The van der Waals surface area contributed by atoms with Gasteiger partial charge in [0.05, 0.1) is 24.1 Å². The second-order valence-electron chi connectivity index (χ2n) is 8.98. The molecular weight excluding hydrogens is 436 g/mol. The standard InChI is InChI=1S/C24H32N6O4/c1-17(18-9-7-6-8-10-18)29-23(26-27-28-29)22(25-16-24(2,3)13-14-33-4)19-11-12-21(34-5)20(15-19)30(31)32/h6-12,15,17,22,25H,13-14,16H2,1-5H3. The minimum atomic E-state index is -0.479. The second kappa shape index (κ2) is 11.2. The Hall–Kier alpha value is -3.37. The zero-order chi connectivity index (χ0) is 24.7. The van der Waals surface area contributed by atoms with Crippen molar-refractivity contribution in [3.05, 3.63) is 75.6 Å². The van der Waals surface area contributed by atoms with Gasteiger partial charge in [0, 0.05) is 26.3 Å². The number of ether oxygens (including phenoxy) is 2. The summed E-state index contributed by atoms with van der Waals surface area (Å²) in [6.45, 7) is 7.55. The number of nitro groups is 1. The maximum absolute atomic E-state index is 11.7. The van der Waals surface area contributed by atoms with Crippen LogP contribution in [0.3, 0.4) is 0 Å². The first kappa shape index (κ1) is 25.3. The molecule has 1 heterocycles. The summed E-state index contributed by atoms with van der Waals surface area (Å²) in [7, 11) is 3.10. The van der Waals surface area contributed by atoms with Crippen molar-refractivity contribution in [2.24, 2.45) is 5.41 Å². The molecule has 1 N–H and O–H groups in total. The van der Waals surface area contributed by atoms with Gasteiger partial charge in [-0.3, -0.25) is 10.1 Å². The van der Waals surface area contributed by atoms with Gasteiger partial charge < -0.3 is 14.8 Å². The zero-order valence-electron chi connectivity index (χ0n) is 20.3. The number of rotatable bonds is 12. The van der Waals surface area contributed by atoms with Crippen LogP contribution in [0.4, 0.5) is 5.69 Å². The molecule has 10 heteroatoms. The molecule has 0 bridgehead atoms. The van der Waals surface area contributed by atoms with Crippen molar-refractivity contribution >= 4 is 5.69 Å². The molecule has 2 atom stereocenters. The molecule has 0 saturated heterocycles. The molecule has 0 saturated carbocycles. The SMILES string of the molecule is COCCC(C)(C)CNC(c1ccc(OC)c([N+](=O)[O-])c1)c1nnnn1C(C)c1ccccc1. The lowest BCUT2D eigenvalue weighted by Gasteiger charge is -2.28. The van der Waals surface area contributed by atoms with E-state index in [0.29, 0.717) is 24.5 Å². The number of tetrazole rings is 1. The lowest BCUT2D eigenvalue weighted by atomic mass is 9.89. The third-order valence-electron chi connectivity index (χ3n) is 5.93. The van der Waals surface area contributed by atoms with Crippen LogP contribution in [0.2, 0.25) is 0 Å². The molecule has 2 unspecified atom stereocenters. The maximum Gasteiger partial charge on any atom is 0.311 e. The minimum Gasteiger partial charge on any atom is -0.490 e. The molecule has 0 fully saturated rings. The van der Waals surface area contributed by atoms with E-state index in [-0.39, 0.29) is 22.9 Å². The van der Waals surface area contributed by atoms with Crippen molar-refractivity contribution in [2.45, 2.75) is 39.3 Å². The molecule has 1 aromatic heterocycles. The monoisotopic (exact) mass is 468 g/mol. The summed E-state index contributed by atoms with van der Waals surface area (Å²) >= 11 is 0. The van der Waals surface area contributed by atoms with Gasteiger partial charge in [0.15, 0.2) is 11.6 Å². The third kappa shape index (κ3) is 5.95. The summed E-state index contributed by atoms with van der Waals surface area (Å²) in [6, 6.07) is 14.2. The number of hydrogen-bond acceptors (Lipinski definition) is 8. The van der Waals surface area contributed by atoms with Crippen molar-refractivity contribution in [3.8, 4) is 5.75 Å². The molecule has 34 heavy (non-hydrogen) atoms. The van der Waals surface area contributed by atoms with Crippen LogP contribution in [0.15, 0.2) is 48.5 Å². The average molecular weight is 469 g/mol. The van der Waals surface area contributed by atoms with Gasteiger partial charge in [0.25, 0.3) is 0 Å². The number of methoxy groups -OCH3 is 2. The Bertz CT molecular complexity index is 1090. The third-order valence-corrected chi connectivity index (χ3v) is 5.93. The Balaban J connectivity index is 2.03. The predicted octanol–water partition coefficient (Wildman–Crippen LogP) is 3.94. The first-order valence-electron chi connectivity index (χ1n) is 11.1. The van der Waals surface area contributed by atoms with E-state index in [4.69, 9.17) is 9.47 Å². The van der Waals surface area contributed by atoms with E-state index >= 15 is 0 Å². The number of nitrogens with zero attached hydrogens (tertiary/aromatic N) is 5.